The number of rotatable bonds is 5. The molecule has 3 nitrogen and oxygen atoms in total. The third-order valence-electron chi connectivity index (χ3n) is 3.09. The predicted octanol–water partition coefficient (Wildman–Crippen LogP) is 1.85. The second kappa shape index (κ2) is 4.94. The highest BCUT2D eigenvalue weighted by Crippen LogP contribution is 2.42. The summed E-state index contributed by atoms with van der Waals surface area (Å²) in [6, 6.07) is 0. The topological polar surface area (TPSA) is 37.8 Å². The average molecular weight is 223 g/mol. The van der Waals surface area contributed by atoms with Crippen molar-refractivity contribution in [1.29, 1.82) is 0 Å². The van der Waals surface area contributed by atoms with Gasteiger partial charge in [0, 0.05) is 35.8 Å². The molecule has 15 heavy (non-hydrogen) atoms. The fourth-order valence-corrected chi connectivity index (χ4v) is 2.82. The SMILES string of the molecule is CSC1(CNCc2cncnc2)CCC1. The molecule has 0 radical (unpaired) electrons. The van der Waals surface area contributed by atoms with E-state index in [1.165, 1.54) is 19.3 Å². The zero-order chi connectivity index (χ0) is 10.6. The molecule has 1 aromatic rings. The maximum absolute atomic E-state index is 4.00. The molecule has 0 amide bonds. The van der Waals surface area contributed by atoms with Gasteiger partial charge in [0.15, 0.2) is 0 Å². The number of hydrogen-bond donors (Lipinski definition) is 1. The zero-order valence-electron chi connectivity index (χ0n) is 9.07. The Kier molecular flexibility index (Phi) is 3.59. The van der Waals surface area contributed by atoms with Crippen molar-refractivity contribution in [3.63, 3.8) is 0 Å². The van der Waals surface area contributed by atoms with E-state index in [1.54, 1.807) is 6.33 Å². The van der Waals surface area contributed by atoms with Gasteiger partial charge in [0.2, 0.25) is 0 Å². The van der Waals surface area contributed by atoms with Crippen molar-refractivity contribution in [3.05, 3.63) is 24.3 Å². The molecule has 0 bridgehead atoms. The fourth-order valence-electron chi connectivity index (χ4n) is 1.88. The van der Waals surface area contributed by atoms with Gasteiger partial charge in [0.1, 0.15) is 6.33 Å². The first kappa shape index (κ1) is 10.9. The van der Waals surface area contributed by atoms with Crippen LogP contribution in [0.25, 0.3) is 0 Å². The smallest absolute Gasteiger partial charge is 0.115 e. The lowest BCUT2D eigenvalue weighted by Crippen LogP contribution is -2.43. The molecule has 1 heterocycles. The highest BCUT2D eigenvalue weighted by Gasteiger charge is 2.35. The second-order valence-corrected chi connectivity index (χ2v) is 5.37. The molecule has 0 aromatic carbocycles. The molecule has 0 atom stereocenters. The van der Waals surface area contributed by atoms with Gasteiger partial charge in [-0.15, -0.1) is 0 Å². The minimum atomic E-state index is 0.510. The Bertz CT molecular complexity index is 292. The molecule has 82 valence electrons. The largest absolute Gasteiger partial charge is 0.311 e. The molecule has 0 saturated heterocycles. The molecule has 0 aliphatic heterocycles. The molecule has 1 saturated carbocycles. The minimum absolute atomic E-state index is 0.510. The van der Waals surface area contributed by atoms with Crippen LogP contribution in [0, 0.1) is 0 Å². The lowest BCUT2D eigenvalue weighted by Gasteiger charge is -2.40. The quantitative estimate of drug-likeness (QED) is 0.826. The van der Waals surface area contributed by atoms with Gasteiger partial charge in [0.05, 0.1) is 0 Å². The Morgan fingerprint density at radius 2 is 2.13 bits per heavy atom. The second-order valence-electron chi connectivity index (χ2n) is 4.09. The molecular formula is C11H17N3S. The Labute approximate surface area is 95.1 Å². The summed E-state index contributed by atoms with van der Waals surface area (Å²) in [5, 5.41) is 3.49. The first-order valence-electron chi connectivity index (χ1n) is 5.34. The third kappa shape index (κ3) is 2.69. The Hall–Kier alpha value is -0.610. The molecule has 1 aromatic heterocycles. The summed E-state index contributed by atoms with van der Waals surface area (Å²) in [5.74, 6) is 0. The molecule has 1 aliphatic rings. The van der Waals surface area contributed by atoms with Gasteiger partial charge in [-0.3, -0.25) is 0 Å². The van der Waals surface area contributed by atoms with E-state index < -0.39 is 0 Å². The number of nitrogens with one attached hydrogen (secondary N) is 1. The predicted molar refractivity (Wildman–Crippen MR) is 63.8 cm³/mol. The summed E-state index contributed by atoms with van der Waals surface area (Å²) in [6.07, 6.45) is 11.6. The van der Waals surface area contributed by atoms with Crippen molar-refractivity contribution in [2.45, 2.75) is 30.6 Å². The summed E-state index contributed by atoms with van der Waals surface area (Å²) < 4.78 is 0.510. The van der Waals surface area contributed by atoms with E-state index >= 15 is 0 Å². The van der Waals surface area contributed by atoms with Gasteiger partial charge >= 0.3 is 0 Å². The number of aromatic nitrogens is 2. The summed E-state index contributed by atoms with van der Waals surface area (Å²) in [6.45, 7) is 1.98. The van der Waals surface area contributed by atoms with Crippen LogP contribution in [0.5, 0.6) is 0 Å². The van der Waals surface area contributed by atoms with Crippen LogP contribution in [0.2, 0.25) is 0 Å². The Balaban J connectivity index is 1.75. The van der Waals surface area contributed by atoms with Crippen LogP contribution >= 0.6 is 11.8 Å². The van der Waals surface area contributed by atoms with Crippen molar-refractivity contribution in [3.8, 4) is 0 Å². The monoisotopic (exact) mass is 223 g/mol. The molecule has 1 fully saturated rings. The summed E-state index contributed by atoms with van der Waals surface area (Å²) in [7, 11) is 0. The van der Waals surface area contributed by atoms with Crippen LogP contribution in [0.15, 0.2) is 18.7 Å². The highest BCUT2D eigenvalue weighted by atomic mass is 32.2. The highest BCUT2D eigenvalue weighted by molar-refractivity contribution is 8.00. The van der Waals surface area contributed by atoms with E-state index in [-0.39, 0.29) is 0 Å². The summed E-state index contributed by atoms with van der Waals surface area (Å²) in [5.41, 5.74) is 1.16. The van der Waals surface area contributed by atoms with E-state index in [0.29, 0.717) is 4.75 Å². The number of thioether (sulfide) groups is 1. The summed E-state index contributed by atoms with van der Waals surface area (Å²) in [4.78, 5) is 8.00. The van der Waals surface area contributed by atoms with Crippen molar-refractivity contribution in [1.82, 2.24) is 15.3 Å². The summed E-state index contributed by atoms with van der Waals surface area (Å²) >= 11 is 2.00. The van der Waals surface area contributed by atoms with Crippen LogP contribution in [0.1, 0.15) is 24.8 Å². The minimum Gasteiger partial charge on any atom is -0.311 e. The Morgan fingerprint density at radius 3 is 2.67 bits per heavy atom. The van der Waals surface area contributed by atoms with Crippen LogP contribution in [0.3, 0.4) is 0 Å². The molecule has 1 aliphatic carbocycles. The normalized spacial score (nSPS) is 18.5. The van der Waals surface area contributed by atoms with Gasteiger partial charge in [0.25, 0.3) is 0 Å². The van der Waals surface area contributed by atoms with Crippen LogP contribution in [-0.4, -0.2) is 27.5 Å². The van der Waals surface area contributed by atoms with E-state index in [1.807, 2.05) is 24.2 Å². The van der Waals surface area contributed by atoms with Crippen molar-refractivity contribution < 1.29 is 0 Å². The zero-order valence-corrected chi connectivity index (χ0v) is 9.89. The van der Waals surface area contributed by atoms with Gasteiger partial charge < -0.3 is 5.32 Å². The van der Waals surface area contributed by atoms with E-state index in [9.17, 15) is 0 Å². The third-order valence-corrected chi connectivity index (χ3v) is 4.51. The average Bonchev–Trinajstić information content (AvgIpc) is 2.24. The van der Waals surface area contributed by atoms with Crippen LogP contribution in [-0.2, 0) is 6.54 Å². The molecule has 1 N–H and O–H groups in total. The standard InChI is InChI=1S/C11H17N3S/c1-15-11(3-2-4-11)8-12-5-10-6-13-9-14-7-10/h6-7,9,12H,2-5,8H2,1H3. The van der Waals surface area contributed by atoms with Gasteiger partial charge in [-0.2, -0.15) is 11.8 Å². The van der Waals surface area contributed by atoms with E-state index in [4.69, 9.17) is 0 Å². The lowest BCUT2D eigenvalue weighted by molar-refractivity contribution is 0.345. The van der Waals surface area contributed by atoms with E-state index in [0.717, 1.165) is 18.7 Å². The maximum Gasteiger partial charge on any atom is 0.115 e. The van der Waals surface area contributed by atoms with E-state index in [2.05, 4.69) is 21.5 Å². The van der Waals surface area contributed by atoms with Gasteiger partial charge in [-0.25, -0.2) is 9.97 Å². The molecular weight excluding hydrogens is 206 g/mol. The van der Waals surface area contributed by atoms with Crippen LogP contribution in [0.4, 0.5) is 0 Å². The van der Waals surface area contributed by atoms with Crippen molar-refractivity contribution in [2.24, 2.45) is 0 Å². The Morgan fingerprint density at radius 1 is 1.40 bits per heavy atom. The molecule has 2 rings (SSSR count). The molecule has 4 heteroatoms. The van der Waals surface area contributed by atoms with Gasteiger partial charge in [-0.05, 0) is 19.1 Å². The first-order chi connectivity index (χ1) is 7.35. The lowest BCUT2D eigenvalue weighted by atomic mass is 9.84. The number of nitrogens with zero attached hydrogens (tertiary/aromatic N) is 2. The maximum atomic E-state index is 4.00. The molecule has 0 unspecified atom stereocenters. The fraction of sp³-hybridized carbons (Fsp3) is 0.636. The molecule has 0 spiro atoms. The van der Waals surface area contributed by atoms with Crippen molar-refractivity contribution in [2.75, 3.05) is 12.8 Å². The number of hydrogen-bond acceptors (Lipinski definition) is 4. The first-order valence-corrected chi connectivity index (χ1v) is 6.57. The van der Waals surface area contributed by atoms with Crippen molar-refractivity contribution >= 4 is 11.8 Å². The van der Waals surface area contributed by atoms with Crippen LogP contribution < -0.4 is 5.32 Å². The van der Waals surface area contributed by atoms with Gasteiger partial charge in [-0.1, -0.05) is 6.42 Å².